The van der Waals surface area contributed by atoms with Crippen LogP contribution in [0.5, 0.6) is 0 Å². The number of rotatable bonds is 3. The van der Waals surface area contributed by atoms with Gasteiger partial charge in [-0.05, 0) is 26.7 Å². The lowest BCUT2D eigenvalue weighted by Gasteiger charge is -2.15. The highest BCUT2D eigenvalue weighted by Crippen LogP contribution is 2.28. The van der Waals surface area contributed by atoms with E-state index in [2.05, 4.69) is 10.1 Å². The Morgan fingerprint density at radius 3 is 2.78 bits per heavy atom. The molecule has 3 aromatic rings. The second kappa shape index (κ2) is 6.37. The molecule has 0 unspecified atom stereocenters. The van der Waals surface area contributed by atoms with Gasteiger partial charge in [0.2, 0.25) is 5.76 Å². The van der Waals surface area contributed by atoms with Gasteiger partial charge in [0.25, 0.3) is 11.5 Å². The zero-order valence-corrected chi connectivity index (χ0v) is 16.0. The van der Waals surface area contributed by atoms with E-state index in [0.29, 0.717) is 36.1 Å². The third kappa shape index (κ3) is 2.85. The number of carbonyl (C=O) groups is 1. The van der Waals surface area contributed by atoms with Crippen molar-refractivity contribution in [1.82, 2.24) is 24.5 Å². The summed E-state index contributed by atoms with van der Waals surface area (Å²) >= 11 is 0. The number of amides is 1. The van der Waals surface area contributed by atoms with Crippen molar-refractivity contribution in [3.63, 3.8) is 0 Å². The predicted octanol–water partition coefficient (Wildman–Crippen LogP) is 2.13. The Bertz CT molecular complexity index is 1090. The van der Waals surface area contributed by atoms with E-state index in [-0.39, 0.29) is 17.4 Å². The van der Waals surface area contributed by atoms with E-state index < -0.39 is 0 Å². The summed E-state index contributed by atoms with van der Waals surface area (Å²) in [5.41, 5.74) is 3.90. The Hall–Kier alpha value is -2.90. The Balaban J connectivity index is 1.62. The molecule has 142 valence electrons. The lowest BCUT2D eigenvalue weighted by Crippen LogP contribution is -2.29. The SMILES string of the molecule is CCc1[nH]n2c(=O)cc([C@H]3CCN(C(=O)c4oc(C)nc4C)C3)nc2c1C. The zero-order valence-electron chi connectivity index (χ0n) is 16.0. The lowest BCUT2D eigenvalue weighted by molar-refractivity contribution is 0.0756. The number of aryl methyl sites for hydroxylation is 4. The van der Waals surface area contributed by atoms with Gasteiger partial charge < -0.3 is 9.32 Å². The third-order valence-corrected chi connectivity index (χ3v) is 5.32. The van der Waals surface area contributed by atoms with Crippen LogP contribution in [0, 0.1) is 20.8 Å². The number of likely N-dealkylation sites (tertiary alicyclic amines) is 1. The molecule has 1 aliphatic heterocycles. The highest BCUT2D eigenvalue weighted by molar-refractivity contribution is 5.92. The Morgan fingerprint density at radius 2 is 2.11 bits per heavy atom. The molecule has 27 heavy (non-hydrogen) atoms. The second-order valence-corrected chi connectivity index (χ2v) is 7.13. The molecule has 8 heteroatoms. The van der Waals surface area contributed by atoms with Crippen LogP contribution in [0.2, 0.25) is 0 Å². The van der Waals surface area contributed by atoms with Gasteiger partial charge in [0.05, 0.1) is 11.4 Å². The normalized spacial score (nSPS) is 17.2. The molecule has 4 heterocycles. The number of aromatic nitrogens is 4. The Labute approximate surface area is 156 Å². The molecule has 1 N–H and O–H groups in total. The maximum Gasteiger partial charge on any atom is 0.291 e. The fourth-order valence-electron chi connectivity index (χ4n) is 3.83. The summed E-state index contributed by atoms with van der Waals surface area (Å²) in [6.07, 6.45) is 1.58. The summed E-state index contributed by atoms with van der Waals surface area (Å²) < 4.78 is 6.96. The summed E-state index contributed by atoms with van der Waals surface area (Å²) in [6.45, 7) is 8.64. The van der Waals surface area contributed by atoms with Crippen molar-refractivity contribution in [2.24, 2.45) is 0 Å². The number of hydrogen-bond acceptors (Lipinski definition) is 5. The van der Waals surface area contributed by atoms with Gasteiger partial charge in [0, 0.05) is 43.3 Å². The molecule has 1 saturated heterocycles. The standard InChI is InChI=1S/C19H23N5O3/c1-5-14-10(2)18-21-15(8-16(25)24(18)22-14)13-6-7-23(9-13)19(26)17-11(3)20-12(4)27-17/h8,13,22H,5-7,9H2,1-4H3/t13-/m0/s1. The van der Waals surface area contributed by atoms with Crippen LogP contribution in [0.1, 0.15) is 58.4 Å². The van der Waals surface area contributed by atoms with E-state index >= 15 is 0 Å². The molecule has 0 bridgehead atoms. The van der Waals surface area contributed by atoms with Gasteiger partial charge in [-0.1, -0.05) is 6.92 Å². The fraction of sp³-hybridized carbons (Fsp3) is 0.474. The van der Waals surface area contributed by atoms with Gasteiger partial charge in [0.15, 0.2) is 11.5 Å². The van der Waals surface area contributed by atoms with E-state index in [0.717, 1.165) is 29.8 Å². The van der Waals surface area contributed by atoms with Gasteiger partial charge in [-0.25, -0.2) is 14.5 Å². The van der Waals surface area contributed by atoms with Crippen LogP contribution in [0.4, 0.5) is 0 Å². The Kier molecular flexibility index (Phi) is 4.13. The molecule has 3 aromatic heterocycles. The van der Waals surface area contributed by atoms with Crippen LogP contribution in [0.25, 0.3) is 5.65 Å². The van der Waals surface area contributed by atoms with E-state index in [1.54, 1.807) is 24.8 Å². The average Bonchev–Trinajstić information content (AvgIpc) is 3.33. The van der Waals surface area contributed by atoms with Crippen LogP contribution in [-0.4, -0.2) is 43.5 Å². The maximum absolute atomic E-state index is 12.7. The van der Waals surface area contributed by atoms with E-state index in [1.807, 2.05) is 13.8 Å². The summed E-state index contributed by atoms with van der Waals surface area (Å²) in [6, 6.07) is 1.57. The fourth-order valence-corrected chi connectivity index (χ4v) is 3.83. The quantitative estimate of drug-likeness (QED) is 0.763. The molecular weight excluding hydrogens is 346 g/mol. The minimum Gasteiger partial charge on any atom is -0.436 e. The molecule has 1 amide bonds. The first-order valence-electron chi connectivity index (χ1n) is 9.23. The average molecular weight is 369 g/mol. The maximum atomic E-state index is 12.7. The van der Waals surface area contributed by atoms with E-state index in [4.69, 9.17) is 9.40 Å². The van der Waals surface area contributed by atoms with E-state index in [1.165, 1.54) is 4.52 Å². The monoisotopic (exact) mass is 369 g/mol. The number of nitrogens with zero attached hydrogens (tertiary/aromatic N) is 4. The minimum atomic E-state index is -0.153. The van der Waals surface area contributed by atoms with Crippen molar-refractivity contribution in [2.45, 2.75) is 46.5 Å². The first kappa shape index (κ1) is 17.5. The van der Waals surface area contributed by atoms with Crippen LogP contribution >= 0.6 is 0 Å². The highest BCUT2D eigenvalue weighted by atomic mass is 16.4. The van der Waals surface area contributed by atoms with Gasteiger partial charge >= 0.3 is 0 Å². The minimum absolute atomic E-state index is 0.0374. The van der Waals surface area contributed by atoms with Gasteiger partial charge in [0.1, 0.15) is 0 Å². The molecule has 0 aromatic carbocycles. The first-order valence-corrected chi connectivity index (χ1v) is 9.23. The predicted molar refractivity (Wildman–Crippen MR) is 99.2 cm³/mol. The highest BCUT2D eigenvalue weighted by Gasteiger charge is 2.32. The summed E-state index contributed by atoms with van der Waals surface area (Å²) in [7, 11) is 0. The number of hydrogen-bond donors (Lipinski definition) is 1. The molecular formula is C19H23N5O3. The molecule has 1 atom stereocenters. The molecule has 1 fully saturated rings. The number of aromatic amines is 1. The van der Waals surface area contributed by atoms with Crippen molar-refractivity contribution in [1.29, 1.82) is 0 Å². The van der Waals surface area contributed by atoms with Crippen LogP contribution in [-0.2, 0) is 6.42 Å². The molecule has 0 saturated carbocycles. The first-order chi connectivity index (χ1) is 12.9. The molecule has 4 rings (SSSR count). The van der Waals surface area contributed by atoms with Crippen LogP contribution < -0.4 is 5.56 Å². The molecule has 8 nitrogen and oxygen atoms in total. The van der Waals surface area contributed by atoms with Crippen LogP contribution in [0.15, 0.2) is 15.3 Å². The molecule has 0 aliphatic carbocycles. The molecule has 1 aliphatic rings. The van der Waals surface area contributed by atoms with Crippen molar-refractivity contribution in [3.8, 4) is 0 Å². The van der Waals surface area contributed by atoms with Gasteiger partial charge in [-0.15, -0.1) is 0 Å². The van der Waals surface area contributed by atoms with Gasteiger partial charge in [-0.2, -0.15) is 0 Å². The Morgan fingerprint density at radius 1 is 1.33 bits per heavy atom. The number of oxazole rings is 1. The smallest absolute Gasteiger partial charge is 0.291 e. The summed E-state index contributed by atoms with van der Waals surface area (Å²) in [5, 5.41) is 3.11. The van der Waals surface area contributed by atoms with E-state index in [9.17, 15) is 9.59 Å². The number of fused-ring (bicyclic) bond motifs is 1. The largest absolute Gasteiger partial charge is 0.436 e. The topological polar surface area (TPSA) is 96.5 Å². The number of carbonyl (C=O) groups excluding carboxylic acids is 1. The summed E-state index contributed by atoms with van der Waals surface area (Å²) in [5.74, 6) is 0.668. The van der Waals surface area contributed by atoms with Crippen LogP contribution in [0.3, 0.4) is 0 Å². The lowest BCUT2D eigenvalue weighted by atomic mass is 10.0. The zero-order chi connectivity index (χ0) is 19.3. The van der Waals surface area contributed by atoms with Gasteiger partial charge in [-0.3, -0.25) is 14.7 Å². The van der Waals surface area contributed by atoms with Crippen molar-refractivity contribution in [3.05, 3.63) is 50.7 Å². The van der Waals surface area contributed by atoms with Crippen molar-refractivity contribution >= 4 is 11.6 Å². The summed E-state index contributed by atoms with van der Waals surface area (Å²) in [4.78, 5) is 35.9. The second-order valence-electron chi connectivity index (χ2n) is 7.13. The van der Waals surface area contributed by atoms with Crippen molar-refractivity contribution in [2.75, 3.05) is 13.1 Å². The molecule has 0 radical (unpaired) electrons. The number of nitrogens with one attached hydrogen (secondary N) is 1. The van der Waals surface area contributed by atoms with Crippen molar-refractivity contribution < 1.29 is 9.21 Å². The number of H-pyrrole nitrogens is 1. The third-order valence-electron chi connectivity index (χ3n) is 5.32. The molecule has 0 spiro atoms.